The number of hydrogen-bond donors (Lipinski definition) is 1. The molecule has 0 atom stereocenters. The van der Waals surface area contributed by atoms with E-state index in [0.29, 0.717) is 6.54 Å². The Morgan fingerprint density at radius 3 is 2.33 bits per heavy atom. The Morgan fingerprint density at radius 2 is 1.61 bits per heavy atom. The maximum Gasteiger partial charge on any atom is 0.260 e. The summed E-state index contributed by atoms with van der Waals surface area (Å²) >= 11 is 1.62. The van der Waals surface area contributed by atoms with Gasteiger partial charge in [0.15, 0.2) is 0 Å². The molecule has 1 saturated heterocycles. The lowest BCUT2D eigenvalue weighted by molar-refractivity contribution is 0.244. The van der Waals surface area contributed by atoms with Gasteiger partial charge in [0.05, 0.1) is 11.9 Å². The van der Waals surface area contributed by atoms with Crippen molar-refractivity contribution in [2.45, 2.75) is 33.4 Å². The molecule has 1 aliphatic heterocycles. The molecule has 33 heavy (non-hydrogen) atoms. The monoisotopic (exact) mass is 458 g/mol. The van der Waals surface area contributed by atoms with Crippen molar-refractivity contribution >= 4 is 21.6 Å². The molecule has 0 unspecified atom stereocenters. The highest BCUT2D eigenvalue weighted by molar-refractivity contribution is 7.19. The molecule has 0 radical (unpaired) electrons. The lowest BCUT2D eigenvalue weighted by Crippen LogP contribution is -2.31. The predicted molar refractivity (Wildman–Crippen MR) is 137 cm³/mol. The Labute approximate surface area is 198 Å². The van der Waals surface area contributed by atoms with Crippen LogP contribution in [0.4, 0.5) is 0 Å². The Balaban J connectivity index is 1.32. The van der Waals surface area contributed by atoms with Gasteiger partial charge in [0.25, 0.3) is 5.56 Å². The minimum atomic E-state index is -0.0320. The molecule has 1 fully saturated rings. The summed E-state index contributed by atoms with van der Waals surface area (Å²) in [6.07, 6.45) is 1.12. The molecule has 1 aliphatic rings. The van der Waals surface area contributed by atoms with Gasteiger partial charge in [0.2, 0.25) is 0 Å². The highest BCUT2D eigenvalue weighted by atomic mass is 32.1. The zero-order chi connectivity index (χ0) is 22.8. The van der Waals surface area contributed by atoms with Crippen LogP contribution in [0, 0.1) is 13.8 Å². The fourth-order valence-corrected chi connectivity index (χ4v) is 5.76. The lowest BCUT2D eigenvalue weighted by Gasteiger charge is -2.21. The standard InChI is InChI=1S/C27H30N4OS/c1-19-9-11-22(12-10-19)24-20(2)33-27-25(24)26(32)28-23(29-27)18-31-14-6-13-30(15-16-31)17-21-7-4-3-5-8-21/h3-5,7-12H,6,13-18H2,1-2H3,(H,28,29,32). The average molecular weight is 459 g/mol. The normalized spacial score (nSPS) is 15.7. The second kappa shape index (κ2) is 9.59. The molecule has 5 nitrogen and oxygen atoms in total. The second-order valence-corrected chi connectivity index (χ2v) is 10.2. The molecule has 0 spiro atoms. The van der Waals surface area contributed by atoms with Crippen molar-refractivity contribution in [2.24, 2.45) is 0 Å². The lowest BCUT2D eigenvalue weighted by atomic mass is 10.0. The number of thiophene rings is 1. The summed E-state index contributed by atoms with van der Waals surface area (Å²) in [5.41, 5.74) is 4.64. The smallest absolute Gasteiger partial charge is 0.260 e. The minimum Gasteiger partial charge on any atom is -0.309 e. The van der Waals surface area contributed by atoms with Crippen LogP contribution < -0.4 is 5.56 Å². The van der Waals surface area contributed by atoms with Gasteiger partial charge in [-0.1, -0.05) is 60.2 Å². The molecule has 0 aliphatic carbocycles. The van der Waals surface area contributed by atoms with Gasteiger partial charge in [0.1, 0.15) is 10.7 Å². The topological polar surface area (TPSA) is 52.2 Å². The van der Waals surface area contributed by atoms with E-state index >= 15 is 0 Å². The molecule has 5 rings (SSSR count). The number of aromatic nitrogens is 2. The van der Waals surface area contributed by atoms with E-state index in [2.05, 4.69) is 83.2 Å². The van der Waals surface area contributed by atoms with Gasteiger partial charge < -0.3 is 4.98 Å². The summed E-state index contributed by atoms with van der Waals surface area (Å²) in [7, 11) is 0. The molecule has 2 aromatic heterocycles. The molecule has 0 saturated carbocycles. The third-order valence-corrected chi connectivity index (χ3v) is 7.43. The van der Waals surface area contributed by atoms with Crippen molar-refractivity contribution in [3.8, 4) is 11.1 Å². The number of H-pyrrole nitrogens is 1. The van der Waals surface area contributed by atoms with Crippen LogP contribution in [0.5, 0.6) is 0 Å². The van der Waals surface area contributed by atoms with Gasteiger partial charge in [-0.25, -0.2) is 4.98 Å². The number of aromatic amines is 1. The number of nitrogens with zero attached hydrogens (tertiary/aromatic N) is 3. The van der Waals surface area contributed by atoms with Crippen LogP contribution in [-0.4, -0.2) is 45.9 Å². The van der Waals surface area contributed by atoms with Crippen molar-refractivity contribution < 1.29 is 0 Å². The zero-order valence-corrected chi connectivity index (χ0v) is 20.1. The zero-order valence-electron chi connectivity index (χ0n) is 19.3. The molecule has 2 aromatic carbocycles. The van der Waals surface area contributed by atoms with Gasteiger partial charge in [0, 0.05) is 30.1 Å². The van der Waals surface area contributed by atoms with Gasteiger partial charge >= 0.3 is 0 Å². The summed E-state index contributed by atoms with van der Waals surface area (Å²) in [6.45, 7) is 9.95. The SMILES string of the molecule is Cc1ccc(-c2c(C)sc3nc(CN4CCCN(Cc5ccccc5)CC4)[nH]c(=O)c23)cc1. The van der Waals surface area contributed by atoms with Crippen LogP contribution in [0.2, 0.25) is 0 Å². The molecular weight excluding hydrogens is 428 g/mol. The molecule has 3 heterocycles. The Bertz CT molecular complexity index is 1290. The van der Waals surface area contributed by atoms with E-state index in [0.717, 1.165) is 71.2 Å². The highest BCUT2D eigenvalue weighted by Crippen LogP contribution is 2.35. The number of rotatable bonds is 5. The first kappa shape index (κ1) is 22.0. The fourth-order valence-electron chi connectivity index (χ4n) is 4.70. The van der Waals surface area contributed by atoms with E-state index in [1.807, 2.05) is 0 Å². The first-order valence-corrected chi connectivity index (χ1v) is 12.5. The first-order valence-electron chi connectivity index (χ1n) is 11.6. The van der Waals surface area contributed by atoms with E-state index in [-0.39, 0.29) is 5.56 Å². The summed E-state index contributed by atoms with van der Waals surface area (Å²) in [5.74, 6) is 0.765. The maximum atomic E-state index is 13.1. The van der Waals surface area contributed by atoms with Gasteiger partial charge in [-0.15, -0.1) is 11.3 Å². The maximum absolute atomic E-state index is 13.1. The van der Waals surface area contributed by atoms with Crippen LogP contribution in [0.15, 0.2) is 59.4 Å². The molecular formula is C27H30N4OS. The fraction of sp³-hybridized carbons (Fsp3) is 0.333. The van der Waals surface area contributed by atoms with E-state index in [1.165, 1.54) is 11.1 Å². The average Bonchev–Trinajstić information content (AvgIpc) is 2.98. The quantitative estimate of drug-likeness (QED) is 0.458. The van der Waals surface area contributed by atoms with Crippen molar-refractivity contribution in [1.82, 2.24) is 19.8 Å². The molecule has 4 aromatic rings. The highest BCUT2D eigenvalue weighted by Gasteiger charge is 2.19. The van der Waals surface area contributed by atoms with Gasteiger partial charge in [-0.05, 0) is 44.5 Å². The van der Waals surface area contributed by atoms with Crippen LogP contribution >= 0.6 is 11.3 Å². The molecule has 6 heteroatoms. The summed E-state index contributed by atoms with van der Waals surface area (Å²) in [4.78, 5) is 28.0. The predicted octanol–water partition coefficient (Wildman–Crippen LogP) is 4.98. The largest absolute Gasteiger partial charge is 0.309 e. The Kier molecular flexibility index (Phi) is 6.40. The van der Waals surface area contributed by atoms with E-state index in [9.17, 15) is 4.79 Å². The molecule has 170 valence electrons. The summed E-state index contributed by atoms with van der Waals surface area (Å²) in [5, 5.41) is 0.718. The number of nitrogens with one attached hydrogen (secondary N) is 1. The van der Waals surface area contributed by atoms with Crippen LogP contribution in [0.25, 0.3) is 21.3 Å². The molecule has 0 amide bonds. The van der Waals surface area contributed by atoms with Crippen molar-refractivity contribution in [3.05, 3.63) is 86.8 Å². The van der Waals surface area contributed by atoms with E-state index in [1.54, 1.807) is 11.3 Å². The number of fused-ring (bicyclic) bond motifs is 1. The number of hydrogen-bond acceptors (Lipinski definition) is 5. The van der Waals surface area contributed by atoms with Crippen LogP contribution in [0.1, 0.15) is 28.2 Å². The number of benzene rings is 2. The first-order chi connectivity index (χ1) is 16.1. The second-order valence-electron chi connectivity index (χ2n) is 8.98. The third-order valence-electron chi connectivity index (χ3n) is 6.43. The number of aryl methyl sites for hydroxylation is 2. The van der Waals surface area contributed by atoms with Gasteiger partial charge in [-0.3, -0.25) is 14.6 Å². The van der Waals surface area contributed by atoms with E-state index in [4.69, 9.17) is 4.98 Å². The molecule has 0 bridgehead atoms. The van der Waals surface area contributed by atoms with Crippen LogP contribution in [-0.2, 0) is 13.1 Å². The third kappa shape index (κ3) is 4.93. The van der Waals surface area contributed by atoms with Crippen molar-refractivity contribution in [1.29, 1.82) is 0 Å². The van der Waals surface area contributed by atoms with Gasteiger partial charge in [-0.2, -0.15) is 0 Å². The Morgan fingerprint density at radius 1 is 0.909 bits per heavy atom. The van der Waals surface area contributed by atoms with Crippen molar-refractivity contribution in [3.63, 3.8) is 0 Å². The molecule has 1 N–H and O–H groups in total. The van der Waals surface area contributed by atoms with Crippen molar-refractivity contribution in [2.75, 3.05) is 26.2 Å². The Hall–Kier alpha value is -2.80. The van der Waals surface area contributed by atoms with Crippen LogP contribution in [0.3, 0.4) is 0 Å². The summed E-state index contributed by atoms with van der Waals surface area (Å²) < 4.78 is 0. The van der Waals surface area contributed by atoms with E-state index < -0.39 is 0 Å². The summed E-state index contributed by atoms with van der Waals surface area (Å²) in [6, 6.07) is 19.0. The minimum absolute atomic E-state index is 0.0320.